The van der Waals surface area contributed by atoms with E-state index in [0.29, 0.717) is 30.1 Å². The smallest absolute Gasteiger partial charge is 0.251 e. The predicted molar refractivity (Wildman–Crippen MR) is 113 cm³/mol. The van der Waals surface area contributed by atoms with Crippen molar-refractivity contribution in [2.75, 3.05) is 32.1 Å². The zero-order valence-corrected chi connectivity index (χ0v) is 17.3. The van der Waals surface area contributed by atoms with Gasteiger partial charge in [0.25, 0.3) is 5.91 Å². The predicted octanol–water partition coefficient (Wildman–Crippen LogP) is 3.67. The number of hydrogen-bond donors (Lipinski definition) is 1. The topological polar surface area (TPSA) is 52.7 Å². The van der Waals surface area contributed by atoms with Crippen LogP contribution >= 0.6 is 11.6 Å². The number of carbonyl (C=O) groups excluding carboxylic acids is 2. The molecule has 0 bridgehead atoms. The lowest BCUT2D eigenvalue weighted by Gasteiger charge is -2.25. The summed E-state index contributed by atoms with van der Waals surface area (Å²) in [6.45, 7) is 3.04. The highest BCUT2D eigenvalue weighted by molar-refractivity contribution is 6.30. The summed E-state index contributed by atoms with van der Waals surface area (Å²) in [5, 5.41) is 3.73. The van der Waals surface area contributed by atoms with Crippen molar-refractivity contribution in [3.63, 3.8) is 0 Å². The molecule has 0 aliphatic carbocycles. The van der Waals surface area contributed by atoms with Crippen LogP contribution in [0.1, 0.15) is 40.9 Å². The van der Waals surface area contributed by atoms with E-state index in [0.717, 1.165) is 23.2 Å². The first kappa shape index (κ1) is 20.4. The van der Waals surface area contributed by atoms with Crippen molar-refractivity contribution in [2.24, 2.45) is 0 Å². The molecular weight excluding hydrogens is 374 g/mol. The molecule has 2 amide bonds. The van der Waals surface area contributed by atoms with E-state index in [1.54, 1.807) is 11.0 Å². The minimum Gasteiger partial charge on any atom is -0.350 e. The van der Waals surface area contributed by atoms with Gasteiger partial charge in [0.05, 0.1) is 6.04 Å². The van der Waals surface area contributed by atoms with Gasteiger partial charge >= 0.3 is 0 Å². The van der Waals surface area contributed by atoms with E-state index in [4.69, 9.17) is 11.6 Å². The fraction of sp³-hybridized carbons (Fsp3) is 0.364. The molecule has 0 fully saturated rings. The van der Waals surface area contributed by atoms with E-state index in [9.17, 15) is 9.59 Å². The Hall–Kier alpha value is -2.37. The highest BCUT2D eigenvalue weighted by atomic mass is 35.5. The summed E-state index contributed by atoms with van der Waals surface area (Å²) in [6.07, 6.45) is 1.27. The Bertz CT molecular complexity index is 865. The van der Waals surface area contributed by atoms with Crippen molar-refractivity contribution < 1.29 is 9.59 Å². The van der Waals surface area contributed by atoms with Gasteiger partial charge in [-0.1, -0.05) is 30.7 Å². The molecule has 1 aliphatic rings. The molecule has 148 valence electrons. The molecule has 2 aromatic rings. The van der Waals surface area contributed by atoms with E-state index in [-0.39, 0.29) is 17.9 Å². The van der Waals surface area contributed by atoms with Gasteiger partial charge in [0.1, 0.15) is 0 Å². The summed E-state index contributed by atoms with van der Waals surface area (Å²) in [7, 11) is 3.97. The highest BCUT2D eigenvalue weighted by Crippen LogP contribution is 2.29. The van der Waals surface area contributed by atoms with Crippen LogP contribution < -0.4 is 10.2 Å². The molecule has 1 atom stereocenters. The molecular formula is C22H26ClN3O2. The van der Waals surface area contributed by atoms with Gasteiger partial charge in [0.2, 0.25) is 5.91 Å². The first-order valence-corrected chi connectivity index (χ1v) is 9.92. The first-order valence-electron chi connectivity index (χ1n) is 9.54. The summed E-state index contributed by atoms with van der Waals surface area (Å²) >= 11 is 5.98. The first-order chi connectivity index (χ1) is 13.4. The standard InChI is InChI=1S/C22H26ClN3O2/c1-4-21(27)26-12-11-16-13-17(7-10-19(16)26)22(28)24-14-20(25(2)3)15-5-8-18(23)9-6-15/h5-10,13,20H,4,11-12,14H2,1-3H3,(H,24,28). The van der Waals surface area contributed by atoms with Crippen molar-refractivity contribution in [3.8, 4) is 0 Å². The molecule has 0 saturated carbocycles. The highest BCUT2D eigenvalue weighted by Gasteiger charge is 2.24. The van der Waals surface area contributed by atoms with Gasteiger partial charge in [-0.05, 0) is 62.0 Å². The van der Waals surface area contributed by atoms with E-state index < -0.39 is 0 Å². The lowest BCUT2D eigenvalue weighted by molar-refractivity contribution is -0.118. The van der Waals surface area contributed by atoms with Crippen LogP contribution in [0, 0.1) is 0 Å². The number of anilines is 1. The molecule has 28 heavy (non-hydrogen) atoms. The molecule has 1 aliphatic heterocycles. The molecule has 5 nitrogen and oxygen atoms in total. The SMILES string of the molecule is CCC(=O)N1CCc2cc(C(=O)NCC(c3ccc(Cl)cc3)N(C)C)ccc21. The number of amides is 2. The zero-order valence-electron chi connectivity index (χ0n) is 16.5. The summed E-state index contributed by atoms with van der Waals surface area (Å²) in [4.78, 5) is 28.6. The minimum atomic E-state index is -0.108. The second-order valence-electron chi connectivity index (χ2n) is 7.23. The Labute approximate surface area is 171 Å². The van der Waals surface area contributed by atoms with Crippen LogP contribution in [0.5, 0.6) is 0 Å². The van der Waals surface area contributed by atoms with Gasteiger partial charge in [0, 0.05) is 35.8 Å². The number of fused-ring (bicyclic) bond motifs is 1. The second-order valence-corrected chi connectivity index (χ2v) is 7.67. The van der Waals surface area contributed by atoms with Gasteiger partial charge in [-0.25, -0.2) is 0 Å². The summed E-state index contributed by atoms with van der Waals surface area (Å²) < 4.78 is 0. The van der Waals surface area contributed by atoms with E-state index >= 15 is 0 Å². The van der Waals surface area contributed by atoms with Crippen LogP contribution in [0.4, 0.5) is 5.69 Å². The number of hydrogen-bond acceptors (Lipinski definition) is 3. The van der Waals surface area contributed by atoms with Gasteiger partial charge in [-0.3, -0.25) is 9.59 Å². The minimum absolute atomic E-state index is 0.0494. The van der Waals surface area contributed by atoms with E-state index in [1.807, 2.05) is 57.4 Å². The third-order valence-corrected chi connectivity index (χ3v) is 5.43. The van der Waals surface area contributed by atoms with Crippen LogP contribution in [-0.4, -0.2) is 43.9 Å². The maximum absolute atomic E-state index is 12.7. The van der Waals surface area contributed by atoms with Crippen molar-refractivity contribution in [1.29, 1.82) is 0 Å². The van der Waals surface area contributed by atoms with E-state index in [2.05, 4.69) is 10.2 Å². The Morgan fingerprint density at radius 1 is 1.18 bits per heavy atom. The third-order valence-electron chi connectivity index (χ3n) is 5.17. The molecule has 6 heteroatoms. The maximum Gasteiger partial charge on any atom is 0.251 e. The molecule has 1 N–H and O–H groups in total. The van der Waals surface area contributed by atoms with Gasteiger partial charge in [-0.2, -0.15) is 0 Å². The monoisotopic (exact) mass is 399 g/mol. The summed E-state index contributed by atoms with van der Waals surface area (Å²) in [5.74, 6) is 0.0108. The Morgan fingerprint density at radius 3 is 2.54 bits per heavy atom. The fourth-order valence-corrected chi connectivity index (χ4v) is 3.69. The lowest BCUT2D eigenvalue weighted by atomic mass is 10.1. The average molecular weight is 400 g/mol. The average Bonchev–Trinajstić information content (AvgIpc) is 3.11. The van der Waals surface area contributed by atoms with Crippen molar-refractivity contribution in [3.05, 3.63) is 64.2 Å². The van der Waals surface area contributed by atoms with Crippen molar-refractivity contribution in [1.82, 2.24) is 10.2 Å². The molecule has 1 heterocycles. The molecule has 0 spiro atoms. The Kier molecular flexibility index (Phi) is 6.37. The van der Waals surface area contributed by atoms with Crippen LogP contribution in [0.2, 0.25) is 5.02 Å². The zero-order chi connectivity index (χ0) is 20.3. The van der Waals surface area contributed by atoms with Crippen molar-refractivity contribution in [2.45, 2.75) is 25.8 Å². The molecule has 3 rings (SSSR count). The normalized spacial score (nSPS) is 14.1. The number of benzene rings is 2. The quantitative estimate of drug-likeness (QED) is 0.806. The van der Waals surface area contributed by atoms with Crippen LogP contribution in [0.3, 0.4) is 0 Å². The van der Waals surface area contributed by atoms with Crippen LogP contribution in [0.15, 0.2) is 42.5 Å². The van der Waals surface area contributed by atoms with Gasteiger partial charge in [-0.15, -0.1) is 0 Å². The fourth-order valence-electron chi connectivity index (χ4n) is 3.57. The molecule has 0 saturated heterocycles. The number of nitrogens with zero attached hydrogens (tertiary/aromatic N) is 2. The lowest BCUT2D eigenvalue weighted by Crippen LogP contribution is -2.34. The third kappa shape index (κ3) is 4.37. The van der Waals surface area contributed by atoms with E-state index in [1.165, 1.54) is 0 Å². The van der Waals surface area contributed by atoms with Crippen LogP contribution in [0.25, 0.3) is 0 Å². The Morgan fingerprint density at radius 2 is 1.89 bits per heavy atom. The Balaban J connectivity index is 1.69. The largest absolute Gasteiger partial charge is 0.350 e. The maximum atomic E-state index is 12.7. The molecule has 1 unspecified atom stereocenters. The molecule has 0 aromatic heterocycles. The molecule has 0 radical (unpaired) electrons. The van der Waals surface area contributed by atoms with Crippen LogP contribution in [-0.2, 0) is 11.2 Å². The number of nitrogens with one attached hydrogen (secondary N) is 1. The number of carbonyl (C=O) groups is 2. The van der Waals surface area contributed by atoms with Gasteiger partial charge < -0.3 is 15.1 Å². The number of rotatable bonds is 6. The summed E-state index contributed by atoms with van der Waals surface area (Å²) in [6, 6.07) is 13.3. The number of likely N-dealkylation sites (N-methyl/N-ethyl adjacent to an activating group) is 1. The van der Waals surface area contributed by atoms with Crippen molar-refractivity contribution >= 4 is 29.1 Å². The second kappa shape index (κ2) is 8.76. The molecule has 2 aromatic carbocycles. The van der Waals surface area contributed by atoms with Gasteiger partial charge in [0.15, 0.2) is 0 Å². The summed E-state index contributed by atoms with van der Waals surface area (Å²) in [5.41, 5.74) is 3.70. The number of halogens is 1.